The second-order valence-electron chi connectivity index (χ2n) is 2.85. The molecule has 0 radical (unpaired) electrons. The lowest BCUT2D eigenvalue weighted by molar-refractivity contribution is 0.626. The van der Waals surface area contributed by atoms with Crippen molar-refractivity contribution in [2.75, 3.05) is 0 Å². The van der Waals surface area contributed by atoms with Crippen molar-refractivity contribution >= 4 is 35.0 Å². The van der Waals surface area contributed by atoms with E-state index in [1.807, 2.05) is 0 Å². The van der Waals surface area contributed by atoms with Gasteiger partial charge in [-0.3, -0.25) is 0 Å². The maximum absolute atomic E-state index is 12.7. The van der Waals surface area contributed by atoms with E-state index in [9.17, 15) is 4.39 Å². The molecule has 0 saturated carbocycles. The average molecular weight is 275 g/mol. The first-order valence-electron chi connectivity index (χ1n) is 4.27. The summed E-state index contributed by atoms with van der Waals surface area (Å²) in [6, 6.07) is 7.47. The van der Waals surface area contributed by atoms with Gasteiger partial charge in [0.1, 0.15) is 16.1 Å². The maximum atomic E-state index is 12.7. The summed E-state index contributed by atoms with van der Waals surface area (Å²) >= 11 is 12.7. The van der Waals surface area contributed by atoms with Crippen molar-refractivity contribution < 1.29 is 4.39 Å². The minimum Gasteiger partial charge on any atom is -0.210 e. The van der Waals surface area contributed by atoms with Crippen LogP contribution in [0.1, 0.15) is 0 Å². The van der Waals surface area contributed by atoms with Crippen molar-refractivity contribution in [1.82, 2.24) is 9.97 Å². The van der Waals surface area contributed by atoms with Crippen LogP contribution in [0, 0.1) is 5.82 Å². The lowest BCUT2D eigenvalue weighted by Crippen LogP contribution is -1.87. The molecule has 0 spiro atoms. The Morgan fingerprint density at radius 3 is 2.12 bits per heavy atom. The van der Waals surface area contributed by atoms with Crippen LogP contribution in [0.5, 0.6) is 0 Å². The Labute approximate surface area is 106 Å². The van der Waals surface area contributed by atoms with Gasteiger partial charge in [-0.2, -0.15) is 0 Å². The van der Waals surface area contributed by atoms with E-state index in [1.165, 1.54) is 30.0 Å². The zero-order chi connectivity index (χ0) is 11.5. The van der Waals surface area contributed by atoms with E-state index in [0.29, 0.717) is 5.16 Å². The Bertz CT molecular complexity index is 484. The van der Waals surface area contributed by atoms with E-state index < -0.39 is 0 Å². The summed E-state index contributed by atoms with van der Waals surface area (Å²) in [6.45, 7) is 0. The fourth-order valence-corrected chi connectivity index (χ4v) is 2.32. The second-order valence-corrected chi connectivity index (χ2v) is 4.67. The van der Waals surface area contributed by atoms with Gasteiger partial charge in [-0.25, -0.2) is 14.4 Å². The third kappa shape index (κ3) is 3.07. The van der Waals surface area contributed by atoms with E-state index in [4.69, 9.17) is 23.2 Å². The number of hydrogen-bond acceptors (Lipinski definition) is 3. The molecule has 0 unspecified atom stereocenters. The molecule has 0 N–H and O–H groups in total. The van der Waals surface area contributed by atoms with Gasteiger partial charge in [0.2, 0.25) is 0 Å². The van der Waals surface area contributed by atoms with Crippen LogP contribution < -0.4 is 0 Å². The monoisotopic (exact) mass is 274 g/mol. The molecule has 16 heavy (non-hydrogen) atoms. The van der Waals surface area contributed by atoms with Crippen LogP contribution >= 0.6 is 35.0 Å². The Kier molecular flexibility index (Phi) is 3.63. The zero-order valence-electron chi connectivity index (χ0n) is 7.82. The molecule has 0 saturated heterocycles. The van der Waals surface area contributed by atoms with Crippen LogP contribution in [0.2, 0.25) is 10.3 Å². The second kappa shape index (κ2) is 4.99. The molecule has 0 fully saturated rings. The molecule has 0 amide bonds. The van der Waals surface area contributed by atoms with Gasteiger partial charge in [-0.05, 0) is 36.0 Å². The molecule has 82 valence electrons. The van der Waals surface area contributed by atoms with Crippen molar-refractivity contribution in [1.29, 1.82) is 0 Å². The predicted molar refractivity (Wildman–Crippen MR) is 62.6 cm³/mol. The quantitative estimate of drug-likeness (QED) is 0.610. The fraction of sp³-hybridized carbons (Fsp3) is 0. The van der Waals surface area contributed by atoms with E-state index in [-0.39, 0.29) is 16.1 Å². The molecule has 0 aliphatic rings. The number of rotatable bonds is 2. The van der Waals surface area contributed by atoms with Crippen molar-refractivity contribution in [2.24, 2.45) is 0 Å². The normalized spacial score (nSPS) is 10.4. The number of hydrogen-bond donors (Lipinski definition) is 0. The van der Waals surface area contributed by atoms with Crippen LogP contribution in [0.3, 0.4) is 0 Å². The molecular formula is C10H5Cl2FN2S. The molecule has 2 nitrogen and oxygen atoms in total. The number of aromatic nitrogens is 2. The van der Waals surface area contributed by atoms with Crippen LogP contribution in [0.15, 0.2) is 40.4 Å². The highest BCUT2D eigenvalue weighted by atomic mass is 35.5. The summed E-state index contributed by atoms with van der Waals surface area (Å²) in [5, 5.41) is 0.998. The third-order valence-electron chi connectivity index (χ3n) is 1.67. The van der Waals surface area contributed by atoms with E-state index in [0.717, 1.165) is 4.90 Å². The predicted octanol–water partition coefficient (Wildman–Crippen LogP) is 4.07. The minimum atomic E-state index is -0.283. The Morgan fingerprint density at radius 2 is 1.56 bits per heavy atom. The summed E-state index contributed by atoms with van der Waals surface area (Å²) in [6.07, 6.45) is 0. The maximum Gasteiger partial charge on any atom is 0.195 e. The van der Waals surface area contributed by atoms with Crippen molar-refractivity contribution in [3.63, 3.8) is 0 Å². The minimum absolute atomic E-state index is 0.282. The van der Waals surface area contributed by atoms with E-state index >= 15 is 0 Å². The van der Waals surface area contributed by atoms with Crippen molar-refractivity contribution in [3.8, 4) is 0 Å². The van der Waals surface area contributed by atoms with Crippen molar-refractivity contribution in [3.05, 3.63) is 46.5 Å². The van der Waals surface area contributed by atoms with Crippen molar-refractivity contribution in [2.45, 2.75) is 10.1 Å². The van der Waals surface area contributed by atoms with Gasteiger partial charge in [0.25, 0.3) is 0 Å². The van der Waals surface area contributed by atoms with Crippen LogP contribution in [-0.2, 0) is 0 Å². The summed E-state index contributed by atoms with van der Waals surface area (Å²) < 4.78 is 12.7. The molecule has 1 heterocycles. The first kappa shape index (κ1) is 11.6. The highest BCUT2D eigenvalue weighted by Gasteiger charge is 2.04. The van der Waals surface area contributed by atoms with Gasteiger partial charge in [0.05, 0.1) is 0 Å². The third-order valence-corrected chi connectivity index (χ3v) is 2.93. The summed E-state index contributed by atoms with van der Waals surface area (Å²) in [7, 11) is 0. The highest BCUT2D eigenvalue weighted by Crippen LogP contribution is 2.26. The number of nitrogens with zero attached hydrogens (tertiary/aromatic N) is 2. The van der Waals surface area contributed by atoms with Gasteiger partial charge < -0.3 is 0 Å². The molecule has 1 aromatic heterocycles. The molecule has 1 aromatic carbocycles. The molecule has 2 rings (SSSR count). The van der Waals surface area contributed by atoms with Crippen LogP contribution in [0.25, 0.3) is 0 Å². The standard InChI is InChI=1S/C10H5Cl2FN2S/c11-8-5-9(12)15-10(14-8)16-7-3-1-6(13)2-4-7/h1-5H. The fourth-order valence-electron chi connectivity index (χ4n) is 1.02. The lowest BCUT2D eigenvalue weighted by Gasteiger charge is -2.00. The van der Waals surface area contributed by atoms with Gasteiger partial charge in [0, 0.05) is 11.0 Å². The summed E-state index contributed by atoms with van der Waals surface area (Å²) in [5.74, 6) is -0.283. The van der Waals surface area contributed by atoms with Crippen LogP contribution in [0.4, 0.5) is 4.39 Å². The first-order chi connectivity index (χ1) is 7.63. The molecular weight excluding hydrogens is 270 g/mol. The topological polar surface area (TPSA) is 25.8 Å². The largest absolute Gasteiger partial charge is 0.210 e. The highest BCUT2D eigenvalue weighted by molar-refractivity contribution is 7.99. The smallest absolute Gasteiger partial charge is 0.195 e. The summed E-state index contributed by atoms with van der Waals surface area (Å²) in [5.41, 5.74) is 0. The number of halogens is 3. The average Bonchev–Trinajstić information content (AvgIpc) is 2.20. The molecule has 0 atom stereocenters. The Morgan fingerprint density at radius 1 is 1.00 bits per heavy atom. The SMILES string of the molecule is Fc1ccc(Sc2nc(Cl)cc(Cl)n2)cc1. The van der Waals surface area contributed by atoms with E-state index in [2.05, 4.69) is 9.97 Å². The van der Waals surface area contributed by atoms with Gasteiger partial charge in [-0.15, -0.1) is 0 Å². The van der Waals surface area contributed by atoms with Gasteiger partial charge in [-0.1, -0.05) is 23.2 Å². The lowest BCUT2D eigenvalue weighted by atomic mass is 10.4. The van der Waals surface area contributed by atoms with E-state index in [1.54, 1.807) is 12.1 Å². The Hall–Kier alpha value is -0.840. The van der Waals surface area contributed by atoms with Gasteiger partial charge >= 0.3 is 0 Å². The molecule has 6 heteroatoms. The molecule has 0 aliphatic carbocycles. The molecule has 2 aromatic rings. The van der Waals surface area contributed by atoms with Gasteiger partial charge in [0.15, 0.2) is 5.16 Å². The van der Waals surface area contributed by atoms with Crippen LogP contribution in [-0.4, -0.2) is 9.97 Å². The zero-order valence-corrected chi connectivity index (χ0v) is 10.2. The first-order valence-corrected chi connectivity index (χ1v) is 5.84. The summed E-state index contributed by atoms with van der Waals surface area (Å²) in [4.78, 5) is 8.80. The number of benzene rings is 1. The molecule has 0 aliphatic heterocycles. The molecule has 0 bridgehead atoms. The Balaban J connectivity index is 2.23.